The Balaban J connectivity index is 1.13. The van der Waals surface area contributed by atoms with Gasteiger partial charge in [-0.25, -0.2) is 9.97 Å². The first-order chi connectivity index (χ1) is 20.9. The van der Waals surface area contributed by atoms with Crippen LogP contribution in [0.2, 0.25) is 0 Å². The quantitative estimate of drug-likeness (QED) is 0.221. The van der Waals surface area contributed by atoms with E-state index in [1.165, 1.54) is 18.4 Å². The van der Waals surface area contributed by atoms with Crippen molar-refractivity contribution in [2.24, 2.45) is 0 Å². The monoisotopic (exact) mass is 571 g/mol. The van der Waals surface area contributed by atoms with E-state index in [1.54, 1.807) is 11.2 Å². The van der Waals surface area contributed by atoms with E-state index < -0.39 is 6.10 Å². The Labute approximate surface area is 249 Å². The molecule has 3 heterocycles. The summed E-state index contributed by atoms with van der Waals surface area (Å²) in [6.45, 7) is 3.03. The van der Waals surface area contributed by atoms with E-state index in [2.05, 4.69) is 32.4 Å². The maximum Gasteiger partial charge on any atom is 0.255 e. The van der Waals surface area contributed by atoms with E-state index in [0.717, 1.165) is 52.0 Å². The highest BCUT2D eigenvalue weighted by atomic mass is 16.3. The lowest BCUT2D eigenvalue weighted by molar-refractivity contribution is 0.0474. The average molecular weight is 572 g/mol. The van der Waals surface area contributed by atoms with E-state index in [0.29, 0.717) is 35.8 Å². The predicted octanol–water partition coefficient (Wildman–Crippen LogP) is 6.33. The molecule has 1 aliphatic carbocycles. The van der Waals surface area contributed by atoms with Gasteiger partial charge in [-0.05, 0) is 91.6 Å². The molecule has 216 valence electrons. The highest BCUT2D eigenvalue weighted by Gasteiger charge is 2.24. The molecule has 7 rings (SSSR count). The molecule has 0 radical (unpaired) electrons. The molecule has 1 saturated heterocycles. The van der Waals surface area contributed by atoms with Crippen LogP contribution in [0.4, 0.5) is 5.69 Å². The third-order valence-corrected chi connectivity index (χ3v) is 8.61. The fourth-order valence-electron chi connectivity index (χ4n) is 5.97. The smallest absolute Gasteiger partial charge is 0.255 e. The SMILES string of the molecule is Cc1c(NC(=O)c2ccc(C3CC3)cc2)cccc1-c1ncnc2[nH]c(-c3ccc(C(=O)N4CCCC(O)C4)cc3)cc12. The van der Waals surface area contributed by atoms with Gasteiger partial charge in [-0.3, -0.25) is 9.59 Å². The largest absolute Gasteiger partial charge is 0.391 e. The van der Waals surface area contributed by atoms with Crippen molar-refractivity contribution in [2.45, 2.75) is 44.6 Å². The molecule has 2 fully saturated rings. The minimum atomic E-state index is -0.455. The number of carbonyl (C=O) groups is 2. The number of anilines is 1. The van der Waals surface area contributed by atoms with Crippen LogP contribution in [0.3, 0.4) is 0 Å². The number of hydrogen-bond donors (Lipinski definition) is 3. The van der Waals surface area contributed by atoms with Crippen LogP contribution in [-0.4, -0.2) is 56.0 Å². The first kappa shape index (κ1) is 27.0. The number of aliphatic hydroxyl groups is 1. The Morgan fingerprint density at radius 2 is 1.72 bits per heavy atom. The molecule has 3 aromatic carbocycles. The number of rotatable bonds is 6. The zero-order chi connectivity index (χ0) is 29.5. The minimum absolute atomic E-state index is 0.0622. The molecule has 0 bridgehead atoms. The molecular weight excluding hydrogens is 538 g/mol. The summed E-state index contributed by atoms with van der Waals surface area (Å²) < 4.78 is 0. The highest BCUT2D eigenvalue weighted by Crippen LogP contribution is 2.40. The van der Waals surface area contributed by atoms with Crippen molar-refractivity contribution in [1.29, 1.82) is 0 Å². The van der Waals surface area contributed by atoms with Gasteiger partial charge in [0.2, 0.25) is 0 Å². The number of nitrogens with one attached hydrogen (secondary N) is 2. The van der Waals surface area contributed by atoms with Gasteiger partial charge in [0.05, 0.1) is 11.8 Å². The summed E-state index contributed by atoms with van der Waals surface area (Å²) in [6, 6.07) is 23.3. The molecule has 8 heteroatoms. The summed E-state index contributed by atoms with van der Waals surface area (Å²) in [6.07, 6.45) is 5.10. The van der Waals surface area contributed by atoms with E-state index in [-0.39, 0.29) is 11.8 Å². The van der Waals surface area contributed by atoms with Gasteiger partial charge in [0.25, 0.3) is 11.8 Å². The summed E-state index contributed by atoms with van der Waals surface area (Å²) in [5, 5.41) is 13.9. The maximum atomic E-state index is 13.1. The van der Waals surface area contributed by atoms with Crippen molar-refractivity contribution >= 4 is 28.5 Å². The van der Waals surface area contributed by atoms with E-state index in [9.17, 15) is 14.7 Å². The zero-order valence-corrected chi connectivity index (χ0v) is 24.0. The van der Waals surface area contributed by atoms with Crippen LogP contribution in [0.1, 0.15) is 63.4 Å². The van der Waals surface area contributed by atoms with Gasteiger partial charge in [-0.1, -0.05) is 36.4 Å². The number of nitrogens with zero attached hydrogens (tertiary/aromatic N) is 3. The zero-order valence-electron chi connectivity index (χ0n) is 24.0. The van der Waals surface area contributed by atoms with Crippen LogP contribution in [0.5, 0.6) is 0 Å². The van der Waals surface area contributed by atoms with Crippen LogP contribution in [0.25, 0.3) is 33.5 Å². The number of aliphatic hydroxyl groups excluding tert-OH is 1. The third-order valence-electron chi connectivity index (χ3n) is 8.61. The first-order valence-corrected chi connectivity index (χ1v) is 14.9. The Hall–Kier alpha value is -4.82. The number of amides is 2. The number of likely N-dealkylation sites (tertiary alicyclic amines) is 1. The van der Waals surface area contributed by atoms with Crippen LogP contribution in [-0.2, 0) is 0 Å². The predicted molar refractivity (Wildman–Crippen MR) is 167 cm³/mol. The fourth-order valence-corrected chi connectivity index (χ4v) is 5.97. The van der Waals surface area contributed by atoms with Gasteiger partial charge in [0.1, 0.15) is 12.0 Å². The van der Waals surface area contributed by atoms with Crippen molar-refractivity contribution < 1.29 is 14.7 Å². The molecule has 1 aliphatic heterocycles. The number of piperidine rings is 1. The van der Waals surface area contributed by atoms with Gasteiger partial charge in [-0.2, -0.15) is 0 Å². The van der Waals surface area contributed by atoms with Crippen molar-refractivity contribution in [2.75, 3.05) is 18.4 Å². The second-order valence-corrected chi connectivity index (χ2v) is 11.6. The molecule has 5 aromatic rings. The maximum absolute atomic E-state index is 13.1. The molecule has 3 N–H and O–H groups in total. The Morgan fingerprint density at radius 3 is 2.47 bits per heavy atom. The molecule has 1 unspecified atom stereocenters. The molecule has 0 spiro atoms. The molecule has 2 aromatic heterocycles. The summed E-state index contributed by atoms with van der Waals surface area (Å²) in [5.74, 6) is 0.448. The number of aromatic amines is 1. The molecule has 2 aliphatic rings. The van der Waals surface area contributed by atoms with Gasteiger partial charge in [-0.15, -0.1) is 0 Å². The molecule has 1 atom stereocenters. The number of β-amino-alcohol motifs (C(OH)–C–C–N with tert-alkyl or cyclic N) is 1. The standard InChI is InChI=1S/C35H33N5O3/c1-21-28(5-2-6-30(21)39-34(42)25-13-9-23(10-14-25)22-7-8-22)32-29-18-31(38-33(29)37-20-36-32)24-11-15-26(16-12-24)35(43)40-17-3-4-27(41)19-40/h2,5-6,9-16,18,20,22,27,41H,3-4,7-8,17,19H2,1H3,(H,39,42)(H,36,37,38). The number of benzene rings is 3. The summed E-state index contributed by atoms with van der Waals surface area (Å²) in [5.41, 5.74) is 8.35. The van der Waals surface area contributed by atoms with Crippen molar-refractivity contribution in [3.63, 3.8) is 0 Å². The van der Waals surface area contributed by atoms with Gasteiger partial charge < -0.3 is 20.3 Å². The van der Waals surface area contributed by atoms with Crippen LogP contribution in [0.15, 0.2) is 79.1 Å². The summed E-state index contributed by atoms with van der Waals surface area (Å²) in [7, 11) is 0. The Kier molecular flexibility index (Phi) is 6.99. The first-order valence-electron chi connectivity index (χ1n) is 14.9. The fraction of sp³-hybridized carbons (Fsp3) is 0.257. The summed E-state index contributed by atoms with van der Waals surface area (Å²) in [4.78, 5) is 40.2. The van der Waals surface area contributed by atoms with Gasteiger partial charge in [0, 0.05) is 46.5 Å². The lowest BCUT2D eigenvalue weighted by Gasteiger charge is -2.30. The highest BCUT2D eigenvalue weighted by molar-refractivity contribution is 6.05. The number of carbonyl (C=O) groups excluding carboxylic acids is 2. The van der Waals surface area contributed by atoms with Crippen LogP contribution >= 0.6 is 0 Å². The molecule has 1 saturated carbocycles. The number of fused-ring (bicyclic) bond motifs is 1. The minimum Gasteiger partial charge on any atom is -0.391 e. The summed E-state index contributed by atoms with van der Waals surface area (Å²) >= 11 is 0. The van der Waals surface area contributed by atoms with Gasteiger partial charge in [0.15, 0.2) is 0 Å². The number of H-pyrrole nitrogens is 1. The molecule has 2 amide bonds. The van der Waals surface area contributed by atoms with Crippen molar-refractivity contribution in [3.05, 3.63) is 101 Å². The topological polar surface area (TPSA) is 111 Å². The normalized spacial score (nSPS) is 16.8. The molecule has 8 nitrogen and oxygen atoms in total. The lowest BCUT2D eigenvalue weighted by Crippen LogP contribution is -2.42. The van der Waals surface area contributed by atoms with E-state index >= 15 is 0 Å². The average Bonchev–Trinajstić information content (AvgIpc) is 3.79. The Morgan fingerprint density at radius 1 is 0.953 bits per heavy atom. The van der Waals surface area contributed by atoms with Crippen molar-refractivity contribution in [1.82, 2.24) is 19.9 Å². The molecule has 43 heavy (non-hydrogen) atoms. The van der Waals surface area contributed by atoms with Gasteiger partial charge >= 0.3 is 0 Å². The second-order valence-electron chi connectivity index (χ2n) is 11.6. The van der Waals surface area contributed by atoms with Crippen molar-refractivity contribution in [3.8, 4) is 22.5 Å². The van der Waals surface area contributed by atoms with E-state index in [4.69, 9.17) is 0 Å². The number of hydrogen-bond acceptors (Lipinski definition) is 5. The van der Waals surface area contributed by atoms with E-state index in [1.807, 2.05) is 67.6 Å². The lowest BCUT2D eigenvalue weighted by atomic mass is 10.0. The van der Waals surface area contributed by atoms with Crippen LogP contribution in [0, 0.1) is 6.92 Å². The van der Waals surface area contributed by atoms with Crippen LogP contribution < -0.4 is 5.32 Å². The number of aromatic nitrogens is 3. The third kappa shape index (κ3) is 5.42. The molecular formula is C35H33N5O3. The second kappa shape index (κ2) is 11.1. The Bertz CT molecular complexity index is 1820.